The summed E-state index contributed by atoms with van der Waals surface area (Å²) in [6.45, 7) is 1.91. The molecule has 19 heavy (non-hydrogen) atoms. The van der Waals surface area contributed by atoms with Crippen LogP contribution < -0.4 is 5.32 Å². The Hall–Kier alpha value is -1.24. The van der Waals surface area contributed by atoms with Crippen LogP contribution in [0.2, 0.25) is 5.02 Å². The van der Waals surface area contributed by atoms with Gasteiger partial charge in [0, 0.05) is 10.7 Å². The highest BCUT2D eigenvalue weighted by Crippen LogP contribution is 2.20. The van der Waals surface area contributed by atoms with Crippen molar-refractivity contribution in [3.63, 3.8) is 0 Å². The van der Waals surface area contributed by atoms with E-state index in [0.717, 1.165) is 11.3 Å². The van der Waals surface area contributed by atoms with Crippen LogP contribution in [0.1, 0.15) is 5.56 Å². The monoisotopic (exact) mass is 318 g/mol. The number of nitrogens with one attached hydrogen (secondary N) is 2. The van der Waals surface area contributed by atoms with Crippen LogP contribution in [0.3, 0.4) is 0 Å². The van der Waals surface area contributed by atoms with Gasteiger partial charge in [-0.05, 0) is 24.6 Å². The van der Waals surface area contributed by atoms with Crippen molar-refractivity contribution in [1.29, 1.82) is 0 Å². The molecule has 0 radical (unpaired) electrons. The molecule has 0 bridgehead atoms. The van der Waals surface area contributed by atoms with Crippen molar-refractivity contribution >= 4 is 47.4 Å². The summed E-state index contributed by atoms with van der Waals surface area (Å²) >= 11 is 7.17. The number of hydrogen-bond donors (Lipinski definition) is 2. The number of aromatic amines is 1. The molecule has 2 aromatic rings. The van der Waals surface area contributed by atoms with Crippen LogP contribution in [0.25, 0.3) is 0 Å². The maximum atomic E-state index is 11.7. The minimum absolute atomic E-state index is 0. The SMILES string of the molecule is Cc1ccc(Cl)cc1NC(=O)CSc1ncn[nH]1.Cl. The molecule has 0 aliphatic rings. The molecule has 0 aliphatic carbocycles. The third-order valence-electron chi connectivity index (χ3n) is 2.21. The fourth-order valence-corrected chi connectivity index (χ4v) is 2.06. The van der Waals surface area contributed by atoms with Gasteiger partial charge in [-0.2, -0.15) is 5.10 Å². The maximum Gasteiger partial charge on any atom is 0.234 e. The molecule has 0 aliphatic heterocycles. The lowest BCUT2D eigenvalue weighted by atomic mass is 10.2. The molecule has 0 saturated heterocycles. The summed E-state index contributed by atoms with van der Waals surface area (Å²) in [6.07, 6.45) is 1.40. The standard InChI is InChI=1S/C11H11ClN4OS.ClH/c1-7-2-3-8(12)4-9(7)15-10(17)5-18-11-13-6-14-16-11;/h2-4,6H,5H2,1H3,(H,15,17)(H,13,14,16);1H. The minimum atomic E-state index is -0.109. The fourth-order valence-electron chi connectivity index (χ4n) is 1.31. The van der Waals surface area contributed by atoms with Gasteiger partial charge in [-0.3, -0.25) is 9.89 Å². The average molecular weight is 319 g/mol. The quantitative estimate of drug-likeness (QED) is 0.850. The number of aryl methyl sites for hydroxylation is 1. The van der Waals surface area contributed by atoms with E-state index in [1.165, 1.54) is 18.1 Å². The first-order valence-corrected chi connectivity index (χ1v) is 6.55. The number of anilines is 1. The van der Waals surface area contributed by atoms with Crippen molar-refractivity contribution < 1.29 is 4.79 Å². The Bertz CT molecular complexity index is 548. The van der Waals surface area contributed by atoms with Crippen LogP contribution in [-0.2, 0) is 4.79 Å². The van der Waals surface area contributed by atoms with Crippen molar-refractivity contribution in [2.45, 2.75) is 12.1 Å². The Morgan fingerprint density at radius 1 is 1.53 bits per heavy atom. The van der Waals surface area contributed by atoms with Gasteiger partial charge in [0.05, 0.1) is 5.75 Å². The predicted molar refractivity (Wildman–Crippen MR) is 79.2 cm³/mol. The second-order valence-electron chi connectivity index (χ2n) is 3.59. The summed E-state index contributed by atoms with van der Waals surface area (Å²) in [7, 11) is 0. The van der Waals surface area contributed by atoms with E-state index in [9.17, 15) is 4.79 Å². The van der Waals surface area contributed by atoms with Gasteiger partial charge in [0.15, 0.2) is 5.16 Å². The van der Waals surface area contributed by atoms with Gasteiger partial charge >= 0.3 is 0 Å². The Kier molecular flexibility index (Phi) is 6.14. The molecule has 5 nitrogen and oxygen atoms in total. The molecule has 8 heteroatoms. The Morgan fingerprint density at radius 2 is 2.32 bits per heavy atom. The van der Waals surface area contributed by atoms with Crippen molar-refractivity contribution in [3.05, 3.63) is 35.1 Å². The van der Waals surface area contributed by atoms with E-state index in [1.54, 1.807) is 12.1 Å². The molecule has 102 valence electrons. The highest BCUT2D eigenvalue weighted by Gasteiger charge is 2.07. The Morgan fingerprint density at radius 3 is 3.00 bits per heavy atom. The van der Waals surface area contributed by atoms with Gasteiger partial charge in [0.25, 0.3) is 0 Å². The molecule has 0 spiro atoms. The lowest BCUT2D eigenvalue weighted by molar-refractivity contribution is -0.113. The lowest BCUT2D eigenvalue weighted by Gasteiger charge is -2.08. The maximum absolute atomic E-state index is 11.7. The summed E-state index contributed by atoms with van der Waals surface area (Å²) in [5, 5.41) is 10.4. The van der Waals surface area contributed by atoms with Crippen LogP contribution in [0.4, 0.5) is 5.69 Å². The van der Waals surface area contributed by atoms with Gasteiger partial charge in [0.1, 0.15) is 6.33 Å². The van der Waals surface area contributed by atoms with Crippen LogP contribution in [-0.4, -0.2) is 26.8 Å². The fraction of sp³-hybridized carbons (Fsp3) is 0.182. The number of benzene rings is 1. The summed E-state index contributed by atoms with van der Waals surface area (Å²) in [6, 6.07) is 5.38. The van der Waals surface area contributed by atoms with Gasteiger partial charge < -0.3 is 5.32 Å². The van der Waals surface area contributed by atoms with Gasteiger partial charge in [-0.25, -0.2) is 4.98 Å². The molecule has 0 saturated carbocycles. The molecule has 2 rings (SSSR count). The first-order chi connectivity index (χ1) is 8.65. The second-order valence-corrected chi connectivity index (χ2v) is 4.99. The third-order valence-corrected chi connectivity index (χ3v) is 3.32. The predicted octanol–water partition coefficient (Wildman–Crippen LogP) is 2.92. The van der Waals surface area contributed by atoms with Crippen molar-refractivity contribution in [2.75, 3.05) is 11.1 Å². The molecule has 1 aromatic carbocycles. The highest BCUT2D eigenvalue weighted by atomic mass is 35.5. The first-order valence-electron chi connectivity index (χ1n) is 5.19. The summed E-state index contributed by atoms with van der Waals surface area (Å²) < 4.78 is 0. The van der Waals surface area contributed by atoms with E-state index in [0.29, 0.717) is 10.2 Å². The minimum Gasteiger partial charge on any atom is -0.325 e. The van der Waals surface area contributed by atoms with Crippen molar-refractivity contribution in [2.24, 2.45) is 0 Å². The van der Waals surface area contributed by atoms with Crippen LogP contribution in [0.5, 0.6) is 0 Å². The van der Waals surface area contributed by atoms with E-state index in [1.807, 2.05) is 13.0 Å². The number of halogens is 2. The topological polar surface area (TPSA) is 70.7 Å². The molecule has 1 aromatic heterocycles. The third kappa shape index (κ3) is 4.74. The van der Waals surface area contributed by atoms with E-state index in [-0.39, 0.29) is 24.1 Å². The number of aromatic nitrogens is 3. The molecular formula is C11H12Cl2N4OS. The molecule has 0 atom stereocenters. The summed E-state index contributed by atoms with van der Waals surface area (Å²) in [5.41, 5.74) is 1.70. The van der Waals surface area contributed by atoms with E-state index < -0.39 is 0 Å². The van der Waals surface area contributed by atoms with Crippen LogP contribution in [0.15, 0.2) is 29.7 Å². The Balaban J connectivity index is 0.00000180. The second kappa shape index (κ2) is 7.37. The van der Waals surface area contributed by atoms with Gasteiger partial charge in [-0.1, -0.05) is 29.4 Å². The zero-order chi connectivity index (χ0) is 13.0. The van der Waals surface area contributed by atoms with E-state index in [2.05, 4.69) is 20.5 Å². The zero-order valence-electron chi connectivity index (χ0n) is 10.0. The van der Waals surface area contributed by atoms with Crippen LogP contribution >= 0.6 is 35.8 Å². The first kappa shape index (κ1) is 15.8. The number of rotatable bonds is 4. The lowest BCUT2D eigenvalue weighted by Crippen LogP contribution is -2.14. The summed E-state index contributed by atoms with van der Waals surface area (Å²) in [5.74, 6) is 0.156. The van der Waals surface area contributed by atoms with Crippen molar-refractivity contribution in [1.82, 2.24) is 15.2 Å². The molecule has 0 fully saturated rings. The zero-order valence-corrected chi connectivity index (χ0v) is 12.4. The molecular weight excluding hydrogens is 307 g/mol. The molecule has 1 heterocycles. The molecule has 1 amide bonds. The smallest absolute Gasteiger partial charge is 0.234 e. The number of H-pyrrole nitrogens is 1. The van der Waals surface area contributed by atoms with Crippen LogP contribution in [0, 0.1) is 6.92 Å². The average Bonchev–Trinajstić information content (AvgIpc) is 2.84. The summed E-state index contributed by atoms with van der Waals surface area (Å²) in [4.78, 5) is 15.7. The number of nitrogens with zero attached hydrogens (tertiary/aromatic N) is 2. The number of amides is 1. The van der Waals surface area contributed by atoms with Gasteiger partial charge in [0.2, 0.25) is 5.91 Å². The number of hydrogen-bond acceptors (Lipinski definition) is 4. The molecule has 0 unspecified atom stereocenters. The van der Waals surface area contributed by atoms with E-state index >= 15 is 0 Å². The molecule has 2 N–H and O–H groups in total. The largest absolute Gasteiger partial charge is 0.325 e. The van der Waals surface area contributed by atoms with Crippen molar-refractivity contribution in [3.8, 4) is 0 Å². The number of carbonyl (C=O) groups is 1. The normalized spacial score (nSPS) is 9.79. The number of thioether (sulfide) groups is 1. The number of carbonyl (C=O) groups excluding carboxylic acids is 1. The highest BCUT2D eigenvalue weighted by molar-refractivity contribution is 7.99. The van der Waals surface area contributed by atoms with Gasteiger partial charge in [-0.15, -0.1) is 12.4 Å². The van der Waals surface area contributed by atoms with E-state index in [4.69, 9.17) is 11.6 Å². The Labute approximate surface area is 125 Å².